The van der Waals surface area contributed by atoms with E-state index in [9.17, 15) is 4.39 Å². The Hall–Kier alpha value is -2.99. The molecule has 2 aromatic carbocycles. The summed E-state index contributed by atoms with van der Waals surface area (Å²) in [5.41, 5.74) is 1.47. The van der Waals surface area contributed by atoms with Gasteiger partial charge in [0.1, 0.15) is 17.2 Å². The van der Waals surface area contributed by atoms with Gasteiger partial charge in [0.15, 0.2) is 11.6 Å². The molecule has 2 heterocycles. The molecule has 0 saturated heterocycles. The van der Waals surface area contributed by atoms with Crippen LogP contribution >= 0.6 is 0 Å². The van der Waals surface area contributed by atoms with Crippen LogP contribution in [0, 0.1) is 5.82 Å². The van der Waals surface area contributed by atoms with E-state index in [0.29, 0.717) is 28.3 Å². The van der Waals surface area contributed by atoms with Crippen molar-refractivity contribution in [3.05, 3.63) is 54.3 Å². The van der Waals surface area contributed by atoms with E-state index >= 15 is 0 Å². The molecule has 4 rings (SSSR count). The van der Waals surface area contributed by atoms with Crippen molar-refractivity contribution in [3.63, 3.8) is 0 Å². The van der Waals surface area contributed by atoms with Crippen LogP contribution in [0.3, 0.4) is 0 Å². The van der Waals surface area contributed by atoms with Gasteiger partial charge in [0.2, 0.25) is 0 Å². The van der Waals surface area contributed by atoms with Gasteiger partial charge in [-0.15, -0.1) is 0 Å². The zero-order valence-corrected chi connectivity index (χ0v) is 15.4. The van der Waals surface area contributed by atoms with Crippen molar-refractivity contribution < 1.29 is 8.81 Å². The fourth-order valence-electron chi connectivity index (χ4n) is 3.04. The molecule has 0 fully saturated rings. The van der Waals surface area contributed by atoms with Crippen LogP contribution in [0.5, 0.6) is 0 Å². The fraction of sp³-hybridized carbons (Fsp3) is 0.238. The zero-order valence-electron chi connectivity index (χ0n) is 15.4. The molecule has 0 bridgehead atoms. The summed E-state index contributed by atoms with van der Waals surface area (Å²) in [5, 5.41) is 4.99. The monoisotopic (exact) mass is 364 g/mol. The lowest BCUT2D eigenvalue weighted by atomic mass is 10.2. The molecule has 138 valence electrons. The topological polar surface area (TPSA) is 54.2 Å². The number of aromatic nitrogens is 2. The van der Waals surface area contributed by atoms with E-state index in [4.69, 9.17) is 4.42 Å². The van der Waals surface area contributed by atoms with Crippen molar-refractivity contribution in [2.45, 2.75) is 6.42 Å². The maximum absolute atomic E-state index is 13.8. The summed E-state index contributed by atoms with van der Waals surface area (Å²) in [6.45, 7) is 1.70. The van der Waals surface area contributed by atoms with Gasteiger partial charge in [-0.1, -0.05) is 18.2 Å². The zero-order chi connectivity index (χ0) is 18.8. The molecule has 27 heavy (non-hydrogen) atoms. The second kappa shape index (κ2) is 7.32. The molecule has 0 spiro atoms. The van der Waals surface area contributed by atoms with E-state index in [-0.39, 0.29) is 5.82 Å². The molecule has 0 atom stereocenters. The number of anilines is 1. The lowest BCUT2D eigenvalue weighted by Crippen LogP contribution is -2.16. The van der Waals surface area contributed by atoms with Crippen molar-refractivity contribution in [1.29, 1.82) is 0 Å². The van der Waals surface area contributed by atoms with Crippen molar-refractivity contribution in [2.24, 2.45) is 0 Å². The minimum absolute atomic E-state index is 0.307. The first-order valence-electron chi connectivity index (χ1n) is 8.95. The molecule has 0 aliphatic carbocycles. The normalized spacial score (nSPS) is 11.6. The lowest BCUT2D eigenvalue weighted by Gasteiger charge is -2.12. The Morgan fingerprint density at radius 3 is 2.74 bits per heavy atom. The highest BCUT2D eigenvalue weighted by atomic mass is 19.1. The van der Waals surface area contributed by atoms with Gasteiger partial charge in [-0.05, 0) is 57.4 Å². The summed E-state index contributed by atoms with van der Waals surface area (Å²) >= 11 is 0. The number of furan rings is 1. The molecule has 0 unspecified atom stereocenters. The minimum Gasteiger partial charge on any atom is -0.453 e. The van der Waals surface area contributed by atoms with Crippen LogP contribution in [-0.2, 0) is 0 Å². The van der Waals surface area contributed by atoms with Crippen LogP contribution in [0.4, 0.5) is 10.2 Å². The first-order chi connectivity index (χ1) is 13.1. The van der Waals surface area contributed by atoms with Gasteiger partial charge >= 0.3 is 0 Å². The number of benzene rings is 2. The van der Waals surface area contributed by atoms with Gasteiger partial charge in [0, 0.05) is 17.3 Å². The Balaban J connectivity index is 1.73. The Kier molecular flexibility index (Phi) is 4.73. The first-order valence-corrected chi connectivity index (χ1v) is 8.95. The number of hydrogen-bond acceptors (Lipinski definition) is 5. The molecule has 0 amide bonds. The Labute approximate surface area is 156 Å². The molecule has 2 aromatic heterocycles. The summed E-state index contributed by atoms with van der Waals surface area (Å²) in [6, 6.07) is 14.3. The van der Waals surface area contributed by atoms with Gasteiger partial charge in [0.25, 0.3) is 0 Å². The molecule has 0 aliphatic rings. The van der Waals surface area contributed by atoms with E-state index in [2.05, 4.69) is 20.2 Å². The van der Waals surface area contributed by atoms with Gasteiger partial charge in [-0.2, -0.15) is 0 Å². The average Bonchev–Trinajstić information content (AvgIpc) is 3.09. The van der Waals surface area contributed by atoms with Crippen LogP contribution in [0.2, 0.25) is 0 Å². The molecule has 0 saturated carbocycles. The average molecular weight is 364 g/mol. The number of hydrogen-bond donors (Lipinski definition) is 1. The largest absolute Gasteiger partial charge is 0.453 e. The lowest BCUT2D eigenvalue weighted by molar-refractivity contribution is 0.405. The van der Waals surface area contributed by atoms with Crippen molar-refractivity contribution in [3.8, 4) is 11.6 Å². The van der Waals surface area contributed by atoms with Gasteiger partial charge < -0.3 is 14.6 Å². The predicted molar refractivity (Wildman–Crippen MR) is 106 cm³/mol. The van der Waals surface area contributed by atoms with Gasteiger partial charge in [-0.3, -0.25) is 0 Å². The van der Waals surface area contributed by atoms with E-state index in [1.807, 2.05) is 44.4 Å². The SMILES string of the molecule is CN(C)CCCNc1nc(-c2cc3ccccc3o2)nc2ccc(F)cc12. The van der Waals surface area contributed by atoms with E-state index in [1.54, 1.807) is 6.07 Å². The number of nitrogens with one attached hydrogen (secondary N) is 1. The van der Waals surface area contributed by atoms with Crippen LogP contribution < -0.4 is 5.32 Å². The van der Waals surface area contributed by atoms with Crippen molar-refractivity contribution in [2.75, 3.05) is 32.5 Å². The molecular formula is C21H21FN4O. The third kappa shape index (κ3) is 3.75. The van der Waals surface area contributed by atoms with Crippen molar-refractivity contribution in [1.82, 2.24) is 14.9 Å². The standard InChI is InChI=1S/C21H21FN4O/c1-26(2)11-5-10-23-20-16-13-15(22)8-9-17(16)24-21(25-20)19-12-14-6-3-4-7-18(14)27-19/h3-4,6-9,12-13H,5,10-11H2,1-2H3,(H,23,24,25). The summed E-state index contributed by atoms with van der Waals surface area (Å²) in [7, 11) is 4.07. The summed E-state index contributed by atoms with van der Waals surface area (Å²) in [4.78, 5) is 11.3. The van der Waals surface area contributed by atoms with Crippen LogP contribution in [-0.4, -0.2) is 42.1 Å². The van der Waals surface area contributed by atoms with E-state index in [0.717, 1.165) is 30.5 Å². The van der Waals surface area contributed by atoms with Crippen LogP contribution in [0.15, 0.2) is 52.9 Å². The maximum Gasteiger partial charge on any atom is 0.198 e. The second-order valence-electron chi connectivity index (χ2n) is 6.79. The highest BCUT2D eigenvalue weighted by Gasteiger charge is 2.14. The number of rotatable bonds is 6. The third-order valence-corrected chi connectivity index (χ3v) is 4.38. The van der Waals surface area contributed by atoms with Gasteiger partial charge in [0.05, 0.1) is 5.52 Å². The number of fused-ring (bicyclic) bond motifs is 2. The second-order valence-corrected chi connectivity index (χ2v) is 6.79. The summed E-state index contributed by atoms with van der Waals surface area (Å²) < 4.78 is 19.7. The molecule has 0 radical (unpaired) electrons. The van der Waals surface area contributed by atoms with Crippen LogP contribution in [0.1, 0.15) is 6.42 Å². The minimum atomic E-state index is -0.307. The third-order valence-electron chi connectivity index (χ3n) is 4.38. The molecule has 1 N–H and O–H groups in total. The Morgan fingerprint density at radius 1 is 1.07 bits per heavy atom. The number of para-hydroxylation sites is 1. The highest BCUT2D eigenvalue weighted by Crippen LogP contribution is 2.29. The Morgan fingerprint density at radius 2 is 1.93 bits per heavy atom. The summed E-state index contributed by atoms with van der Waals surface area (Å²) in [5.74, 6) is 1.40. The smallest absolute Gasteiger partial charge is 0.198 e. The van der Waals surface area contributed by atoms with E-state index in [1.165, 1.54) is 12.1 Å². The number of halogens is 1. The molecule has 5 nitrogen and oxygen atoms in total. The highest BCUT2D eigenvalue weighted by molar-refractivity contribution is 5.91. The molecule has 6 heteroatoms. The van der Waals surface area contributed by atoms with Crippen LogP contribution in [0.25, 0.3) is 33.5 Å². The van der Waals surface area contributed by atoms with E-state index < -0.39 is 0 Å². The quantitative estimate of drug-likeness (QED) is 0.509. The van der Waals surface area contributed by atoms with Crippen molar-refractivity contribution >= 4 is 27.7 Å². The number of nitrogens with zero attached hydrogens (tertiary/aromatic N) is 3. The first kappa shape index (κ1) is 17.4. The molecular weight excluding hydrogens is 343 g/mol. The fourth-order valence-corrected chi connectivity index (χ4v) is 3.04. The Bertz CT molecular complexity index is 1060. The maximum atomic E-state index is 13.8. The predicted octanol–water partition coefficient (Wildman–Crippen LogP) is 4.55. The molecule has 4 aromatic rings. The van der Waals surface area contributed by atoms with Gasteiger partial charge in [-0.25, -0.2) is 14.4 Å². The summed E-state index contributed by atoms with van der Waals surface area (Å²) in [6.07, 6.45) is 0.952. The molecule has 0 aliphatic heterocycles.